The molecule has 0 aliphatic heterocycles. The van der Waals surface area contributed by atoms with E-state index in [-0.39, 0.29) is 0 Å². The lowest BCUT2D eigenvalue weighted by Gasteiger charge is -2.35. The van der Waals surface area contributed by atoms with Crippen LogP contribution in [0.25, 0.3) is 88.0 Å². The van der Waals surface area contributed by atoms with Crippen LogP contribution in [-0.4, -0.2) is 0 Å². The second kappa shape index (κ2) is 17.9. The zero-order valence-corrected chi connectivity index (χ0v) is 40.7. The molecule has 0 atom stereocenters. The minimum absolute atomic E-state index is 0.557. The van der Waals surface area contributed by atoms with E-state index in [2.05, 4.69) is 302 Å². The van der Waals surface area contributed by atoms with Gasteiger partial charge in [0.2, 0.25) is 0 Å². The quantitative estimate of drug-likeness (QED) is 0.130. The van der Waals surface area contributed by atoms with Crippen molar-refractivity contribution in [1.29, 1.82) is 0 Å². The smallest absolute Gasteiger partial charge is 0.0714 e. The Labute approximate surface area is 432 Å². The Kier molecular flexibility index (Phi) is 10.5. The predicted molar refractivity (Wildman–Crippen MR) is 313 cm³/mol. The van der Waals surface area contributed by atoms with Crippen molar-refractivity contribution in [2.45, 2.75) is 5.41 Å². The highest BCUT2D eigenvalue weighted by atomic mass is 15.1. The molecule has 0 unspecified atom stereocenters. The van der Waals surface area contributed by atoms with E-state index in [0.29, 0.717) is 0 Å². The fraction of sp³-hybridized carbons (Fsp3) is 0.0137. The normalized spacial score (nSPS) is 12.4. The Morgan fingerprint density at radius 3 is 1.41 bits per heavy atom. The summed E-state index contributed by atoms with van der Waals surface area (Å²) in [5, 5.41) is 7.33. The summed E-state index contributed by atoms with van der Waals surface area (Å²) in [4.78, 5) is 2.50. The number of para-hydroxylation sites is 1. The van der Waals surface area contributed by atoms with Crippen LogP contribution in [0.1, 0.15) is 22.3 Å². The lowest BCUT2D eigenvalue weighted by molar-refractivity contribution is 0.768. The van der Waals surface area contributed by atoms with Crippen molar-refractivity contribution in [1.82, 2.24) is 0 Å². The fourth-order valence-corrected chi connectivity index (χ4v) is 12.3. The lowest BCUT2D eigenvalue weighted by Crippen LogP contribution is -2.28. The van der Waals surface area contributed by atoms with Crippen LogP contribution in [0, 0.1) is 0 Å². The van der Waals surface area contributed by atoms with Crippen LogP contribution in [-0.2, 0) is 5.41 Å². The number of nitrogens with zero attached hydrogens (tertiary/aromatic N) is 1. The van der Waals surface area contributed by atoms with Crippen LogP contribution in [0.5, 0.6) is 0 Å². The van der Waals surface area contributed by atoms with E-state index in [1.807, 2.05) is 0 Å². The molecule has 13 aromatic rings. The molecule has 1 aliphatic rings. The second-order valence-corrected chi connectivity index (χ2v) is 19.5. The van der Waals surface area contributed by atoms with Gasteiger partial charge in [0.25, 0.3) is 0 Å². The first-order valence-electron chi connectivity index (χ1n) is 25.7. The van der Waals surface area contributed by atoms with Gasteiger partial charge in [0.15, 0.2) is 0 Å². The maximum Gasteiger partial charge on any atom is 0.0714 e. The van der Waals surface area contributed by atoms with Gasteiger partial charge in [0, 0.05) is 16.9 Å². The summed E-state index contributed by atoms with van der Waals surface area (Å²) >= 11 is 0. The van der Waals surface area contributed by atoms with Crippen molar-refractivity contribution in [3.63, 3.8) is 0 Å². The molecule has 14 rings (SSSR count). The van der Waals surface area contributed by atoms with Gasteiger partial charge in [-0.05, 0) is 147 Å². The third-order valence-electron chi connectivity index (χ3n) is 15.5. The van der Waals surface area contributed by atoms with E-state index in [4.69, 9.17) is 0 Å². The zero-order chi connectivity index (χ0) is 49.0. The third-order valence-corrected chi connectivity index (χ3v) is 15.5. The monoisotopic (exact) mass is 939 g/mol. The topological polar surface area (TPSA) is 3.24 Å². The summed E-state index contributed by atoms with van der Waals surface area (Å²) in [6.45, 7) is 0. The fourth-order valence-electron chi connectivity index (χ4n) is 12.3. The Morgan fingerprint density at radius 2 is 0.716 bits per heavy atom. The molecule has 0 bridgehead atoms. The van der Waals surface area contributed by atoms with Gasteiger partial charge in [-0.1, -0.05) is 255 Å². The van der Waals surface area contributed by atoms with Crippen molar-refractivity contribution in [2.24, 2.45) is 0 Å². The molecule has 346 valence electrons. The van der Waals surface area contributed by atoms with Crippen LogP contribution >= 0.6 is 0 Å². The molecule has 0 radical (unpaired) electrons. The standard InChI is InChI=1S/C73H49N/c1-6-22-50(23-7-1)53-38-39-55-47-59(42-40-54(55)46-53)74(60-43-45-65-64-34-18-20-36-68(64)73(69(65)49-60,57-28-12-4-13-29-57)58-30-14-5-15-31-58)70-37-21-19-32-61(70)56-41-44-63-62-33-16-17-35-66(62)71(51-24-8-2-9-25-51)72(67(63)48-56)52-26-10-3-11-27-52/h1-49H. The third kappa shape index (κ3) is 7.00. The molecule has 1 heteroatoms. The number of hydrogen-bond acceptors (Lipinski definition) is 1. The summed E-state index contributed by atoms with van der Waals surface area (Å²) in [6, 6.07) is 110. The van der Waals surface area contributed by atoms with Crippen molar-refractivity contribution in [3.8, 4) is 55.6 Å². The molecule has 0 amide bonds. The highest BCUT2D eigenvalue weighted by molar-refractivity contribution is 6.22. The largest absolute Gasteiger partial charge is 0.310 e. The average Bonchev–Trinajstić information content (AvgIpc) is 3.79. The molecule has 0 spiro atoms. The number of benzene rings is 13. The number of fused-ring (bicyclic) bond motifs is 7. The van der Waals surface area contributed by atoms with Gasteiger partial charge in [0.1, 0.15) is 0 Å². The van der Waals surface area contributed by atoms with Gasteiger partial charge >= 0.3 is 0 Å². The Morgan fingerprint density at radius 1 is 0.243 bits per heavy atom. The van der Waals surface area contributed by atoms with Crippen LogP contribution < -0.4 is 4.90 Å². The van der Waals surface area contributed by atoms with Crippen LogP contribution in [0.2, 0.25) is 0 Å². The van der Waals surface area contributed by atoms with Crippen LogP contribution in [0.15, 0.2) is 297 Å². The van der Waals surface area contributed by atoms with Gasteiger partial charge in [-0.3, -0.25) is 0 Å². The van der Waals surface area contributed by atoms with Gasteiger partial charge in [-0.2, -0.15) is 0 Å². The van der Waals surface area contributed by atoms with E-state index in [0.717, 1.165) is 28.2 Å². The summed E-state index contributed by atoms with van der Waals surface area (Å²) in [5.41, 5.74) is 19.9. The number of rotatable bonds is 9. The molecular formula is C73H49N. The molecular weight excluding hydrogens is 891 g/mol. The molecule has 13 aromatic carbocycles. The van der Waals surface area contributed by atoms with E-state index in [9.17, 15) is 0 Å². The highest BCUT2D eigenvalue weighted by Crippen LogP contribution is 2.58. The minimum atomic E-state index is -0.557. The molecule has 0 heterocycles. The van der Waals surface area contributed by atoms with Gasteiger partial charge < -0.3 is 4.90 Å². The predicted octanol–water partition coefficient (Wildman–Crippen LogP) is 19.6. The summed E-state index contributed by atoms with van der Waals surface area (Å²) in [5.74, 6) is 0. The first-order valence-corrected chi connectivity index (χ1v) is 25.7. The van der Waals surface area contributed by atoms with Crippen molar-refractivity contribution >= 4 is 49.4 Å². The molecule has 0 N–H and O–H groups in total. The van der Waals surface area contributed by atoms with E-state index in [1.165, 1.54) is 99.1 Å². The molecule has 0 aromatic heterocycles. The van der Waals surface area contributed by atoms with Crippen LogP contribution in [0.4, 0.5) is 17.1 Å². The summed E-state index contributed by atoms with van der Waals surface area (Å²) < 4.78 is 0. The lowest BCUT2D eigenvalue weighted by atomic mass is 9.67. The first-order chi connectivity index (χ1) is 36.7. The zero-order valence-electron chi connectivity index (χ0n) is 40.7. The Bertz CT molecular complexity index is 4180. The second-order valence-electron chi connectivity index (χ2n) is 19.5. The van der Waals surface area contributed by atoms with E-state index >= 15 is 0 Å². The molecule has 1 nitrogen and oxygen atoms in total. The molecule has 0 saturated heterocycles. The summed E-state index contributed by atoms with van der Waals surface area (Å²) in [7, 11) is 0. The number of hydrogen-bond donors (Lipinski definition) is 0. The van der Waals surface area contributed by atoms with E-state index < -0.39 is 5.41 Å². The van der Waals surface area contributed by atoms with Crippen LogP contribution in [0.3, 0.4) is 0 Å². The maximum atomic E-state index is 2.50. The molecule has 74 heavy (non-hydrogen) atoms. The minimum Gasteiger partial charge on any atom is -0.310 e. The maximum absolute atomic E-state index is 2.50. The summed E-state index contributed by atoms with van der Waals surface area (Å²) in [6.07, 6.45) is 0. The average molecular weight is 940 g/mol. The van der Waals surface area contributed by atoms with Gasteiger partial charge in [-0.15, -0.1) is 0 Å². The molecule has 0 saturated carbocycles. The van der Waals surface area contributed by atoms with Gasteiger partial charge in [0.05, 0.1) is 11.1 Å². The van der Waals surface area contributed by atoms with Crippen molar-refractivity contribution in [3.05, 3.63) is 320 Å². The highest BCUT2D eigenvalue weighted by Gasteiger charge is 2.46. The van der Waals surface area contributed by atoms with E-state index in [1.54, 1.807) is 0 Å². The Balaban J connectivity index is 1.03. The SMILES string of the molecule is c1ccc(-c2ccc3cc(N(c4ccc5c(c4)C(c4ccccc4)(c4ccccc4)c4ccccc4-5)c4ccccc4-c4ccc5c(c4)c(-c4ccccc4)c(-c4ccccc4)c4ccccc45)ccc3c2)cc1. The van der Waals surface area contributed by atoms with Crippen molar-refractivity contribution in [2.75, 3.05) is 4.90 Å². The van der Waals surface area contributed by atoms with Gasteiger partial charge in [-0.25, -0.2) is 0 Å². The Hall–Kier alpha value is -9.56. The molecule has 0 fully saturated rings. The first kappa shape index (κ1) is 43.2. The molecule has 1 aliphatic carbocycles. The number of anilines is 3. The van der Waals surface area contributed by atoms with Crippen molar-refractivity contribution < 1.29 is 0 Å².